The lowest BCUT2D eigenvalue weighted by atomic mass is 10.0. The average Bonchev–Trinajstić information content (AvgIpc) is 2.45. The molecule has 0 saturated heterocycles. The minimum absolute atomic E-state index is 0.474. The highest BCUT2D eigenvalue weighted by Crippen LogP contribution is 2.26. The Bertz CT molecular complexity index is 572. The second-order valence-corrected chi connectivity index (χ2v) is 4.82. The van der Waals surface area contributed by atoms with Crippen LogP contribution in [0.15, 0.2) is 24.3 Å². The summed E-state index contributed by atoms with van der Waals surface area (Å²) in [5, 5.41) is 19.9. The monoisotopic (exact) mass is 292 g/mol. The number of nitrogens with one attached hydrogen (secondary N) is 1. The minimum atomic E-state index is -1.44. The maximum atomic E-state index is 12.2. The van der Waals surface area contributed by atoms with E-state index in [4.69, 9.17) is 10.2 Å². The number of fused-ring (bicyclic) bond motifs is 1. The van der Waals surface area contributed by atoms with E-state index >= 15 is 0 Å². The van der Waals surface area contributed by atoms with Crippen LogP contribution in [0.4, 0.5) is 10.5 Å². The molecule has 0 unspecified atom stereocenters. The molecule has 1 heterocycles. The van der Waals surface area contributed by atoms with Crippen LogP contribution in [0.5, 0.6) is 0 Å². The van der Waals surface area contributed by atoms with Crippen molar-refractivity contribution < 1.29 is 24.6 Å². The van der Waals surface area contributed by atoms with E-state index < -0.39 is 30.4 Å². The average molecular weight is 292 g/mol. The highest BCUT2D eigenvalue weighted by Gasteiger charge is 2.28. The highest BCUT2D eigenvalue weighted by molar-refractivity contribution is 5.96. The number of carboxylic acid groups (broad SMARTS) is 2. The number of nitrogens with zero attached hydrogens (tertiary/aromatic N) is 1. The highest BCUT2D eigenvalue weighted by atomic mass is 16.4. The lowest BCUT2D eigenvalue weighted by Gasteiger charge is -2.30. The molecule has 1 atom stereocenters. The van der Waals surface area contributed by atoms with E-state index in [1.807, 2.05) is 12.1 Å². The van der Waals surface area contributed by atoms with Crippen molar-refractivity contribution in [3.05, 3.63) is 29.8 Å². The third-order valence-corrected chi connectivity index (χ3v) is 3.33. The number of rotatable bonds is 4. The molecule has 21 heavy (non-hydrogen) atoms. The number of para-hydroxylation sites is 1. The van der Waals surface area contributed by atoms with Gasteiger partial charge < -0.3 is 15.5 Å². The fourth-order valence-corrected chi connectivity index (χ4v) is 2.35. The van der Waals surface area contributed by atoms with Crippen LogP contribution in [0.25, 0.3) is 0 Å². The van der Waals surface area contributed by atoms with Gasteiger partial charge >= 0.3 is 18.0 Å². The molecule has 1 aromatic rings. The number of carbonyl (C=O) groups excluding carboxylic acids is 1. The Morgan fingerprint density at radius 1 is 1.24 bits per heavy atom. The molecule has 7 nitrogen and oxygen atoms in total. The first-order valence-corrected chi connectivity index (χ1v) is 6.59. The maximum absolute atomic E-state index is 12.2. The first-order valence-electron chi connectivity index (χ1n) is 6.59. The fraction of sp³-hybridized carbons (Fsp3) is 0.357. The molecular weight excluding hydrogens is 276 g/mol. The summed E-state index contributed by atoms with van der Waals surface area (Å²) in [7, 11) is 0. The van der Waals surface area contributed by atoms with Gasteiger partial charge in [0.25, 0.3) is 0 Å². The van der Waals surface area contributed by atoms with Crippen LogP contribution in [0.2, 0.25) is 0 Å². The quantitative estimate of drug-likeness (QED) is 0.769. The Kier molecular flexibility index (Phi) is 4.42. The summed E-state index contributed by atoms with van der Waals surface area (Å²) in [6.45, 7) is 0.474. The zero-order valence-corrected chi connectivity index (χ0v) is 11.3. The minimum Gasteiger partial charge on any atom is -0.481 e. The molecule has 0 aromatic heterocycles. The zero-order chi connectivity index (χ0) is 15.4. The van der Waals surface area contributed by atoms with Crippen molar-refractivity contribution in [2.45, 2.75) is 25.3 Å². The number of aliphatic carboxylic acids is 2. The Morgan fingerprint density at radius 3 is 2.62 bits per heavy atom. The molecule has 0 bridgehead atoms. The van der Waals surface area contributed by atoms with Gasteiger partial charge in [-0.15, -0.1) is 0 Å². The van der Waals surface area contributed by atoms with Crippen molar-refractivity contribution in [1.29, 1.82) is 0 Å². The van der Waals surface area contributed by atoms with Crippen LogP contribution in [-0.2, 0) is 16.0 Å². The molecule has 0 spiro atoms. The van der Waals surface area contributed by atoms with Gasteiger partial charge in [-0.2, -0.15) is 0 Å². The summed E-state index contributed by atoms with van der Waals surface area (Å²) < 4.78 is 0. The molecule has 0 saturated carbocycles. The van der Waals surface area contributed by atoms with E-state index in [1.165, 1.54) is 4.90 Å². The van der Waals surface area contributed by atoms with Gasteiger partial charge in [0, 0.05) is 12.2 Å². The van der Waals surface area contributed by atoms with Gasteiger partial charge in [-0.25, -0.2) is 9.59 Å². The molecule has 1 aliphatic rings. The first-order chi connectivity index (χ1) is 9.99. The SMILES string of the molecule is O=C(O)C[C@H](NC(=O)N1CCCc2ccccc21)C(=O)O. The Morgan fingerprint density at radius 2 is 1.95 bits per heavy atom. The molecule has 0 fully saturated rings. The first kappa shape index (κ1) is 14.8. The van der Waals surface area contributed by atoms with Crippen LogP contribution in [-0.4, -0.2) is 40.8 Å². The number of urea groups is 1. The van der Waals surface area contributed by atoms with E-state index in [-0.39, 0.29) is 0 Å². The topological polar surface area (TPSA) is 107 Å². The Balaban J connectivity index is 2.13. The van der Waals surface area contributed by atoms with Gasteiger partial charge in [0.2, 0.25) is 0 Å². The lowest BCUT2D eigenvalue weighted by Crippen LogP contribution is -2.50. The number of hydrogen-bond acceptors (Lipinski definition) is 3. The summed E-state index contributed by atoms with van der Waals surface area (Å²) in [6, 6.07) is 5.36. The number of carbonyl (C=O) groups is 3. The molecule has 2 rings (SSSR count). The third-order valence-electron chi connectivity index (χ3n) is 3.33. The van der Waals surface area contributed by atoms with Crippen molar-refractivity contribution in [2.75, 3.05) is 11.4 Å². The maximum Gasteiger partial charge on any atom is 0.326 e. The number of aryl methyl sites for hydroxylation is 1. The number of amides is 2. The molecule has 0 aliphatic carbocycles. The van der Waals surface area contributed by atoms with Crippen LogP contribution < -0.4 is 10.2 Å². The molecule has 1 aromatic carbocycles. The molecule has 2 amide bonds. The molecule has 0 radical (unpaired) electrons. The molecule has 112 valence electrons. The van der Waals surface area contributed by atoms with Crippen LogP contribution in [0.1, 0.15) is 18.4 Å². The van der Waals surface area contributed by atoms with E-state index in [0.717, 1.165) is 24.1 Å². The predicted octanol–water partition coefficient (Wildman–Crippen LogP) is 1.08. The van der Waals surface area contributed by atoms with Gasteiger partial charge in [-0.1, -0.05) is 18.2 Å². The standard InChI is InChI=1S/C14H16N2O5/c17-12(18)8-10(13(19)20)15-14(21)16-7-3-5-9-4-1-2-6-11(9)16/h1-2,4,6,10H,3,5,7-8H2,(H,15,21)(H,17,18)(H,19,20)/t10-/m0/s1. The number of hydrogen-bond donors (Lipinski definition) is 3. The van der Waals surface area contributed by atoms with Crippen LogP contribution in [0.3, 0.4) is 0 Å². The summed E-state index contributed by atoms with van der Waals surface area (Å²) in [5.41, 5.74) is 1.75. The van der Waals surface area contributed by atoms with Crippen molar-refractivity contribution >= 4 is 23.7 Å². The van der Waals surface area contributed by atoms with E-state index in [1.54, 1.807) is 12.1 Å². The number of anilines is 1. The van der Waals surface area contributed by atoms with E-state index in [2.05, 4.69) is 5.32 Å². The van der Waals surface area contributed by atoms with Crippen molar-refractivity contribution in [3.8, 4) is 0 Å². The zero-order valence-electron chi connectivity index (χ0n) is 11.3. The molecule has 1 aliphatic heterocycles. The molecular formula is C14H16N2O5. The van der Waals surface area contributed by atoms with E-state index in [9.17, 15) is 14.4 Å². The van der Waals surface area contributed by atoms with Crippen molar-refractivity contribution in [1.82, 2.24) is 5.32 Å². The fourth-order valence-electron chi connectivity index (χ4n) is 2.35. The molecule has 7 heteroatoms. The van der Waals surface area contributed by atoms with Crippen LogP contribution >= 0.6 is 0 Å². The van der Waals surface area contributed by atoms with Gasteiger partial charge in [0.1, 0.15) is 6.04 Å². The number of carboxylic acids is 2. The molecule has 3 N–H and O–H groups in total. The third kappa shape index (κ3) is 3.50. The lowest BCUT2D eigenvalue weighted by molar-refractivity contribution is -0.145. The second-order valence-electron chi connectivity index (χ2n) is 4.82. The smallest absolute Gasteiger partial charge is 0.326 e. The van der Waals surface area contributed by atoms with Crippen molar-refractivity contribution in [3.63, 3.8) is 0 Å². The van der Waals surface area contributed by atoms with Gasteiger partial charge in [-0.05, 0) is 24.5 Å². The van der Waals surface area contributed by atoms with Crippen molar-refractivity contribution in [2.24, 2.45) is 0 Å². The van der Waals surface area contributed by atoms with Gasteiger partial charge in [0.15, 0.2) is 0 Å². The summed E-state index contributed by atoms with van der Waals surface area (Å²) >= 11 is 0. The Labute approximate surface area is 121 Å². The summed E-state index contributed by atoms with van der Waals surface area (Å²) in [6.07, 6.45) is 0.981. The largest absolute Gasteiger partial charge is 0.481 e. The predicted molar refractivity (Wildman–Crippen MR) is 74.3 cm³/mol. The second kappa shape index (κ2) is 6.25. The van der Waals surface area contributed by atoms with Gasteiger partial charge in [-0.3, -0.25) is 9.69 Å². The Hall–Kier alpha value is -2.57. The summed E-state index contributed by atoms with van der Waals surface area (Å²) in [4.78, 5) is 35.3. The normalized spacial score (nSPS) is 15.0. The van der Waals surface area contributed by atoms with E-state index in [0.29, 0.717) is 6.54 Å². The number of benzene rings is 1. The van der Waals surface area contributed by atoms with Gasteiger partial charge in [0.05, 0.1) is 6.42 Å². The summed E-state index contributed by atoms with van der Waals surface area (Å²) in [5.74, 6) is -2.64. The van der Waals surface area contributed by atoms with Crippen LogP contribution in [0, 0.1) is 0 Å².